The number of carboxylic acid groups (broad SMARTS) is 1. The van der Waals surface area contributed by atoms with Crippen molar-refractivity contribution in [2.75, 3.05) is 0 Å². The van der Waals surface area contributed by atoms with Crippen LogP contribution in [0.3, 0.4) is 0 Å². The lowest BCUT2D eigenvalue weighted by molar-refractivity contribution is 0.0696. The lowest BCUT2D eigenvalue weighted by Crippen LogP contribution is -1.96. The van der Waals surface area contributed by atoms with Crippen LogP contribution in [0.15, 0.2) is 48.5 Å². The monoisotopic (exact) mass is 242 g/mol. The molecule has 0 atom stereocenters. The van der Waals surface area contributed by atoms with E-state index in [0.29, 0.717) is 11.5 Å². The molecule has 0 saturated carbocycles. The fourth-order valence-electron chi connectivity index (χ4n) is 1.62. The van der Waals surface area contributed by atoms with E-state index in [1.807, 2.05) is 24.3 Å². The first-order valence-corrected chi connectivity index (χ1v) is 5.79. The van der Waals surface area contributed by atoms with E-state index in [0.717, 1.165) is 6.42 Å². The molecule has 0 heterocycles. The van der Waals surface area contributed by atoms with E-state index in [-0.39, 0.29) is 5.56 Å². The Morgan fingerprint density at radius 2 is 1.83 bits per heavy atom. The number of rotatable bonds is 4. The molecule has 0 bridgehead atoms. The Bertz CT molecular complexity index is 544. The fourth-order valence-corrected chi connectivity index (χ4v) is 1.62. The van der Waals surface area contributed by atoms with Crippen LogP contribution in [0, 0.1) is 0 Å². The average molecular weight is 242 g/mol. The van der Waals surface area contributed by atoms with Crippen LogP contribution in [0.2, 0.25) is 0 Å². The second kappa shape index (κ2) is 5.36. The standard InChI is InChI=1S/C15H14O3/c1-2-11-6-8-13(9-7-11)18-14-5-3-4-12(10-14)15(16)17/h3-10H,2H2,1H3,(H,16,17). The van der Waals surface area contributed by atoms with Gasteiger partial charge in [0, 0.05) is 0 Å². The number of benzene rings is 2. The highest BCUT2D eigenvalue weighted by Gasteiger charge is 2.04. The van der Waals surface area contributed by atoms with Gasteiger partial charge in [-0.2, -0.15) is 0 Å². The Balaban J connectivity index is 2.17. The van der Waals surface area contributed by atoms with Crippen LogP contribution in [0.4, 0.5) is 0 Å². The van der Waals surface area contributed by atoms with E-state index < -0.39 is 5.97 Å². The summed E-state index contributed by atoms with van der Waals surface area (Å²) in [6.45, 7) is 2.09. The third-order valence-corrected chi connectivity index (χ3v) is 2.65. The molecular formula is C15H14O3. The van der Waals surface area contributed by atoms with Gasteiger partial charge in [-0.25, -0.2) is 4.79 Å². The van der Waals surface area contributed by atoms with Gasteiger partial charge in [-0.1, -0.05) is 25.1 Å². The summed E-state index contributed by atoms with van der Waals surface area (Å²) in [5.74, 6) is 0.274. The lowest BCUT2D eigenvalue weighted by Gasteiger charge is -2.06. The summed E-state index contributed by atoms with van der Waals surface area (Å²) in [5, 5.41) is 8.89. The molecule has 0 spiro atoms. The summed E-state index contributed by atoms with van der Waals surface area (Å²) in [7, 11) is 0. The van der Waals surface area contributed by atoms with Gasteiger partial charge >= 0.3 is 5.97 Å². The largest absolute Gasteiger partial charge is 0.478 e. The first kappa shape index (κ1) is 12.2. The summed E-state index contributed by atoms with van der Waals surface area (Å²) in [6, 6.07) is 14.2. The Labute approximate surface area is 106 Å². The molecule has 1 N–H and O–H groups in total. The molecule has 0 aliphatic rings. The Kier molecular flexibility index (Phi) is 3.63. The van der Waals surface area contributed by atoms with Gasteiger partial charge in [-0.15, -0.1) is 0 Å². The molecule has 0 unspecified atom stereocenters. The minimum absolute atomic E-state index is 0.220. The van der Waals surface area contributed by atoms with E-state index in [2.05, 4.69) is 6.92 Å². The van der Waals surface area contributed by atoms with Crippen molar-refractivity contribution in [3.63, 3.8) is 0 Å². The smallest absolute Gasteiger partial charge is 0.335 e. The summed E-state index contributed by atoms with van der Waals surface area (Å²) in [6.07, 6.45) is 0.981. The van der Waals surface area contributed by atoms with Crippen molar-refractivity contribution in [2.24, 2.45) is 0 Å². The van der Waals surface area contributed by atoms with Crippen molar-refractivity contribution in [1.29, 1.82) is 0 Å². The molecule has 0 radical (unpaired) electrons. The van der Waals surface area contributed by atoms with E-state index in [4.69, 9.17) is 9.84 Å². The molecule has 2 rings (SSSR count). The van der Waals surface area contributed by atoms with Crippen molar-refractivity contribution in [3.8, 4) is 11.5 Å². The maximum atomic E-state index is 10.8. The third-order valence-electron chi connectivity index (χ3n) is 2.65. The van der Waals surface area contributed by atoms with Crippen LogP contribution in [-0.4, -0.2) is 11.1 Å². The minimum Gasteiger partial charge on any atom is -0.478 e. The molecule has 2 aromatic carbocycles. The predicted molar refractivity (Wildman–Crippen MR) is 69.3 cm³/mol. The zero-order chi connectivity index (χ0) is 13.0. The van der Waals surface area contributed by atoms with E-state index in [1.165, 1.54) is 17.7 Å². The predicted octanol–water partition coefficient (Wildman–Crippen LogP) is 3.74. The Hall–Kier alpha value is -2.29. The van der Waals surface area contributed by atoms with Crippen LogP contribution >= 0.6 is 0 Å². The zero-order valence-electron chi connectivity index (χ0n) is 10.1. The fraction of sp³-hybridized carbons (Fsp3) is 0.133. The van der Waals surface area contributed by atoms with Gasteiger partial charge in [0.2, 0.25) is 0 Å². The summed E-state index contributed by atoms with van der Waals surface area (Å²) >= 11 is 0. The van der Waals surface area contributed by atoms with Crippen molar-refractivity contribution in [1.82, 2.24) is 0 Å². The highest BCUT2D eigenvalue weighted by Crippen LogP contribution is 2.22. The van der Waals surface area contributed by atoms with Crippen LogP contribution < -0.4 is 4.74 Å². The molecule has 92 valence electrons. The molecule has 0 aromatic heterocycles. The number of hydrogen-bond acceptors (Lipinski definition) is 2. The maximum Gasteiger partial charge on any atom is 0.335 e. The van der Waals surface area contributed by atoms with Crippen LogP contribution in [0.1, 0.15) is 22.8 Å². The second-order valence-corrected chi connectivity index (χ2v) is 3.93. The highest BCUT2D eigenvalue weighted by molar-refractivity contribution is 5.88. The number of aromatic carboxylic acids is 1. The quantitative estimate of drug-likeness (QED) is 0.888. The van der Waals surface area contributed by atoms with E-state index in [1.54, 1.807) is 12.1 Å². The van der Waals surface area contributed by atoms with Gasteiger partial charge in [-0.3, -0.25) is 0 Å². The molecule has 0 saturated heterocycles. The zero-order valence-corrected chi connectivity index (χ0v) is 10.1. The lowest BCUT2D eigenvalue weighted by atomic mass is 10.2. The Morgan fingerprint density at radius 3 is 2.44 bits per heavy atom. The topological polar surface area (TPSA) is 46.5 Å². The highest BCUT2D eigenvalue weighted by atomic mass is 16.5. The molecule has 0 aliphatic heterocycles. The first-order chi connectivity index (χ1) is 8.69. The van der Waals surface area contributed by atoms with E-state index in [9.17, 15) is 4.79 Å². The third kappa shape index (κ3) is 2.88. The average Bonchev–Trinajstić information content (AvgIpc) is 2.40. The van der Waals surface area contributed by atoms with E-state index >= 15 is 0 Å². The molecule has 3 heteroatoms. The normalized spacial score (nSPS) is 10.1. The number of aryl methyl sites for hydroxylation is 1. The maximum absolute atomic E-state index is 10.8. The van der Waals surface area contributed by atoms with Gasteiger partial charge in [-0.05, 0) is 42.3 Å². The molecule has 3 nitrogen and oxygen atoms in total. The molecular weight excluding hydrogens is 228 g/mol. The Morgan fingerprint density at radius 1 is 1.11 bits per heavy atom. The van der Waals surface area contributed by atoms with Gasteiger partial charge < -0.3 is 9.84 Å². The van der Waals surface area contributed by atoms with Gasteiger partial charge in [0.1, 0.15) is 11.5 Å². The molecule has 2 aromatic rings. The molecule has 0 aliphatic carbocycles. The van der Waals surface area contributed by atoms with Crippen LogP contribution in [-0.2, 0) is 6.42 Å². The van der Waals surface area contributed by atoms with Crippen molar-refractivity contribution in [2.45, 2.75) is 13.3 Å². The minimum atomic E-state index is -0.957. The summed E-state index contributed by atoms with van der Waals surface area (Å²) < 4.78 is 5.61. The second-order valence-electron chi connectivity index (χ2n) is 3.93. The van der Waals surface area contributed by atoms with Crippen molar-refractivity contribution < 1.29 is 14.6 Å². The van der Waals surface area contributed by atoms with Crippen LogP contribution in [0.5, 0.6) is 11.5 Å². The van der Waals surface area contributed by atoms with Crippen LogP contribution in [0.25, 0.3) is 0 Å². The molecule has 0 fully saturated rings. The number of carbonyl (C=O) groups is 1. The molecule has 0 amide bonds. The van der Waals surface area contributed by atoms with Crippen molar-refractivity contribution >= 4 is 5.97 Å². The number of hydrogen-bond donors (Lipinski definition) is 1. The number of ether oxygens (including phenoxy) is 1. The van der Waals surface area contributed by atoms with Gasteiger partial charge in [0.25, 0.3) is 0 Å². The summed E-state index contributed by atoms with van der Waals surface area (Å²) in [4.78, 5) is 10.8. The molecule has 18 heavy (non-hydrogen) atoms. The first-order valence-electron chi connectivity index (χ1n) is 5.79. The van der Waals surface area contributed by atoms with Gasteiger partial charge in [0.05, 0.1) is 5.56 Å². The van der Waals surface area contributed by atoms with Crippen molar-refractivity contribution in [3.05, 3.63) is 59.7 Å². The SMILES string of the molecule is CCc1ccc(Oc2cccc(C(=O)O)c2)cc1. The summed E-state index contributed by atoms with van der Waals surface area (Å²) in [5.41, 5.74) is 1.46. The van der Waals surface area contributed by atoms with Gasteiger partial charge in [0.15, 0.2) is 0 Å². The number of carboxylic acids is 1.